The number of benzene rings is 1. The largest absolute Gasteiger partial charge is 0.444 e. The van der Waals surface area contributed by atoms with Crippen LogP contribution >= 0.6 is 0 Å². The molecule has 2 rings (SSSR count). The number of rotatable bonds is 3. The van der Waals surface area contributed by atoms with Crippen LogP contribution in [0, 0.1) is 6.92 Å². The molecule has 3 amide bonds. The molecule has 0 atom stereocenters. The summed E-state index contributed by atoms with van der Waals surface area (Å²) in [6, 6.07) is 7.99. The minimum Gasteiger partial charge on any atom is -0.444 e. The summed E-state index contributed by atoms with van der Waals surface area (Å²) in [5.74, 6) is 0. The van der Waals surface area contributed by atoms with Crippen LogP contribution in [-0.4, -0.2) is 41.8 Å². The van der Waals surface area contributed by atoms with Crippen LogP contribution in [0.25, 0.3) is 0 Å². The van der Waals surface area contributed by atoms with Gasteiger partial charge in [0, 0.05) is 25.7 Å². The Hall–Kier alpha value is -2.24. The van der Waals surface area contributed by atoms with Gasteiger partial charge in [0.1, 0.15) is 5.60 Å². The molecule has 1 aromatic carbocycles. The second-order valence-electron chi connectivity index (χ2n) is 7.55. The highest BCUT2D eigenvalue weighted by molar-refractivity contribution is 5.74. The minimum atomic E-state index is -0.484. The Bertz CT molecular complexity index is 585. The normalized spacial score (nSPS) is 15.6. The van der Waals surface area contributed by atoms with Crippen molar-refractivity contribution in [3.05, 3.63) is 35.4 Å². The number of aryl methyl sites for hydroxylation is 1. The second-order valence-corrected chi connectivity index (χ2v) is 7.55. The fourth-order valence-electron chi connectivity index (χ4n) is 2.66. The number of urea groups is 1. The van der Waals surface area contributed by atoms with Gasteiger partial charge in [-0.05, 0) is 46.1 Å². The maximum atomic E-state index is 12.0. The summed E-state index contributed by atoms with van der Waals surface area (Å²) in [4.78, 5) is 25.8. The average molecular weight is 347 g/mol. The van der Waals surface area contributed by atoms with Crippen LogP contribution in [0.5, 0.6) is 0 Å². The molecule has 0 spiro atoms. The van der Waals surface area contributed by atoms with Crippen LogP contribution in [0.4, 0.5) is 9.59 Å². The van der Waals surface area contributed by atoms with E-state index < -0.39 is 5.60 Å². The Balaban J connectivity index is 1.69. The molecule has 0 radical (unpaired) electrons. The minimum absolute atomic E-state index is 0.0803. The highest BCUT2D eigenvalue weighted by Crippen LogP contribution is 2.15. The van der Waals surface area contributed by atoms with Gasteiger partial charge in [-0.25, -0.2) is 9.59 Å². The maximum absolute atomic E-state index is 12.0. The number of carbonyl (C=O) groups excluding carboxylic acids is 2. The van der Waals surface area contributed by atoms with Crippen molar-refractivity contribution in [1.29, 1.82) is 0 Å². The van der Waals surface area contributed by atoms with Crippen LogP contribution in [0.1, 0.15) is 44.7 Å². The lowest BCUT2D eigenvalue weighted by Gasteiger charge is -2.33. The molecule has 25 heavy (non-hydrogen) atoms. The van der Waals surface area contributed by atoms with E-state index in [9.17, 15) is 9.59 Å². The Morgan fingerprint density at radius 1 is 1.16 bits per heavy atom. The number of ether oxygens (including phenoxy) is 1. The molecule has 1 aliphatic rings. The van der Waals surface area contributed by atoms with E-state index in [1.807, 2.05) is 52.0 Å². The van der Waals surface area contributed by atoms with Gasteiger partial charge >= 0.3 is 12.1 Å². The van der Waals surface area contributed by atoms with Crippen molar-refractivity contribution >= 4 is 12.1 Å². The van der Waals surface area contributed by atoms with E-state index in [0.717, 1.165) is 18.4 Å². The summed E-state index contributed by atoms with van der Waals surface area (Å²) in [7, 11) is 0. The van der Waals surface area contributed by atoms with Crippen molar-refractivity contribution in [2.75, 3.05) is 13.1 Å². The van der Waals surface area contributed by atoms with E-state index >= 15 is 0 Å². The molecule has 138 valence electrons. The number of piperidine rings is 1. The van der Waals surface area contributed by atoms with Gasteiger partial charge in [0.05, 0.1) is 0 Å². The summed E-state index contributed by atoms with van der Waals surface area (Å²) in [6.07, 6.45) is 1.18. The first-order chi connectivity index (χ1) is 11.7. The van der Waals surface area contributed by atoms with E-state index in [-0.39, 0.29) is 18.2 Å². The molecule has 0 unspecified atom stereocenters. The number of hydrogen-bond acceptors (Lipinski definition) is 3. The Morgan fingerprint density at radius 3 is 2.32 bits per heavy atom. The topological polar surface area (TPSA) is 70.7 Å². The number of likely N-dealkylation sites (tertiary alicyclic amines) is 1. The number of carbonyl (C=O) groups is 2. The first kappa shape index (κ1) is 19.1. The first-order valence-electron chi connectivity index (χ1n) is 8.81. The molecule has 0 bridgehead atoms. The summed E-state index contributed by atoms with van der Waals surface area (Å²) < 4.78 is 5.38. The molecule has 0 aromatic heterocycles. The van der Waals surface area contributed by atoms with Crippen molar-refractivity contribution in [2.45, 2.75) is 58.7 Å². The van der Waals surface area contributed by atoms with E-state index in [2.05, 4.69) is 10.6 Å². The maximum Gasteiger partial charge on any atom is 0.410 e. The average Bonchev–Trinajstić information content (AvgIpc) is 2.53. The molecule has 2 N–H and O–H groups in total. The van der Waals surface area contributed by atoms with Crippen LogP contribution in [0.2, 0.25) is 0 Å². The quantitative estimate of drug-likeness (QED) is 0.882. The second kappa shape index (κ2) is 8.23. The lowest BCUT2D eigenvalue weighted by molar-refractivity contribution is 0.0201. The van der Waals surface area contributed by atoms with Gasteiger partial charge in [-0.2, -0.15) is 0 Å². The zero-order valence-electron chi connectivity index (χ0n) is 15.6. The highest BCUT2D eigenvalue weighted by atomic mass is 16.6. The number of nitrogens with zero attached hydrogens (tertiary/aromatic N) is 1. The van der Waals surface area contributed by atoms with E-state index in [1.54, 1.807) is 4.90 Å². The fraction of sp³-hybridized carbons (Fsp3) is 0.579. The third-order valence-corrected chi connectivity index (χ3v) is 4.06. The lowest BCUT2D eigenvalue weighted by Crippen LogP contribution is -2.49. The van der Waals surface area contributed by atoms with Gasteiger partial charge < -0.3 is 20.3 Å². The third kappa shape index (κ3) is 6.64. The van der Waals surface area contributed by atoms with Crippen LogP contribution in [0.3, 0.4) is 0 Å². The van der Waals surface area contributed by atoms with E-state index in [0.29, 0.717) is 19.6 Å². The standard InChI is InChI=1S/C19H29N3O3/c1-14-5-7-15(8-6-14)13-20-17(23)21-16-9-11-22(12-10-16)18(24)25-19(2,3)4/h5-8,16H,9-13H2,1-4H3,(H2,20,21,23). The van der Waals surface area contributed by atoms with E-state index in [1.165, 1.54) is 5.56 Å². The van der Waals surface area contributed by atoms with Crippen molar-refractivity contribution in [1.82, 2.24) is 15.5 Å². The van der Waals surface area contributed by atoms with Gasteiger partial charge in [0.25, 0.3) is 0 Å². The monoisotopic (exact) mass is 347 g/mol. The predicted molar refractivity (Wildman–Crippen MR) is 97.4 cm³/mol. The fourth-order valence-corrected chi connectivity index (χ4v) is 2.66. The van der Waals surface area contributed by atoms with E-state index in [4.69, 9.17) is 4.74 Å². The SMILES string of the molecule is Cc1ccc(CNC(=O)NC2CCN(C(=O)OC(C)(C)C)CC2)cc1. The van der Waals surface area contributed by atoms with Gasteiger partial charge in [0.15, 0.2) is 0 Å². The van der Waals surface area contributed by atoms with Gasteiger partial charge in [0.2, 0.25) is 0 Å². The van der Waals surface area contributed by atoms with Crippen LogP contribution < -0.4 is 10.6 Å². The number of nitrogens with one attached hydrogen (secondary N) is 2. The number of hydrogen-bond donors (Lipinski definition) is 2. The van der Waals surface area contributed by atoms with Crippen molar-refractivity contribution in [3.8, 4) is 0 Å². The highest BCUT2D eigenvalue weighted by Gasteiger charge is 2.27. The van der Waals surface area contributed by atoms with Gasteiger partial charge in [-0.3, -0.25) is 0 Å². The number of amides is 3. The third-order valence-electron chi connectivity index (χ3n) is 4.06. The Kier molecular flexibility index (Phi) is 6.28. The molecule has 1 heterocycles. The zero-order chi connectivity index (χ0) is 18.4. The summed E-state index contributed by atoms with van der Waals surface area (Å²) >= 11 is 0. The van der Waals surface area contributed by atoms with Crippen molar-refractivity contribution in [2.24, 2.45) is 0 Å². The van der Waals surface area contributed by atoms with Crippen molar-refractivity contribution in [3.63, 3.8) is 0 Å². The first-order valence-corrected chi connectivity index (χ1v) is 8.81. The smallest absolute Gasteiger partial charge is 0.410 e. The molecule has 0 aliphatic carbocycles. The summed E-state index contributed by atoms with van der Waals surface area (Å²) in [6.45, 7) is 9.30. The molecule has 1 saturated heterocycles. The molecule has 6 nitrogen and oxygen atoms in total. The Labute approximate surface area is 149 Å². The zero-order valence-corrected chi connectivity index (χ0v) is 15.6. The molecule has 1 aliphatic heterocycles. The molecular weight excluding hydrogens is 318 g/mol. The predicted octanol–water partition coefficient (Wildman–Crippen LogP) is 3.19. The molecular formula is C19H29N3O3. The molecule has 0 saturated carbocycles. The van der Waals surface area contributed by atoms with Crippen molar-refractivity contribution < 1.29 is 14.3 Å². The molecule has 1 fully saturated rings. The Morgan fingerprint density at radius 2 is 1.76 bits per heavy atom. The lowest BCUT2D eigenvalue weighted by atomic mass is 10.1. The van der Waals surface area contributed by atoms with Gasteiger partial charge in [-0.15, -0.1) is 0 Å². The van der Waals surface area contributed by atoms with Crippen LogP contribution in [0.15, 0.2) is 24.3 Å². The van der Waals surface area contributed by atoms with Crippen LogP contribution in [-0.2, 0) is 11.3 Å². The summed E-state index contributed by atoms with van der Waals surface area (Å²) in [5, 5.41) is 5.85. The van der Waals surface area contributed by atoms with Gasteiger partial charge in [-0.1, -0.05) is 29.8 Å². The molecule has 1 aromatic rings. The molecule has 6 heteroatoms. The summed E-state index contributed by atoms with van der Waals surface area (Å²) in [5.41, 5.74) is 1.78.